The van der Waals surface area contributed by atoms with Crippen LogP contribution in [0, 0.1) is 0 Å². The number of carbonyl (C=O) groups excluding carboxylic acids is 1. The molecule has 1 atom stereocenters. The first kappa shape index (κ1) is 14.2. The molecular formula is C17H19N3O3. The lowest BCUT2D eigenvalue weighted by Crippen LogP contribution is -2.25. The third kappa shape index (κ3) is 2.69. The van der Waals surface area contributed by atoms with E-state index in [9.17, 15) is 4.79 Å². The van der Waals surface area contributed by atoms with E-state index in [0.717, 1.165) is 30.1 Å². The number of hydrogen-bond acceptors (Lipinski definition) is 5. The molecule has 2 aliphatic rings. The van der Waals surface area contributed by atoms with Crippen molar-refractivity contribution in [1.29, 1.82) is 0 Å². The molecule has 1 saturated heterocycles. The van der Waals surface area contributed by atoms with E-state index in [1.165, 1.54) is 0 Å². The molecule has 0 bridgehead atoms. The highest BCUT2D eigenvalue weighted by Crippen LogP contribution is 2.40. The molecule has 0 radical (unpaired) electrons. The first-order valence-electron chi connectivity index (χ1n) is 8.12. The smallest absolute Gasteiger partial charge is 0.232 e. The molecule has 2 aromatic rings. The Balaban J connectivity index is 1.56. The summed E-state index contributed by atoms with van der Waals surface area (Å²) < 4.78 is 11.0. The SMILES string of the molecule is CCOc1ccccc1N1CC(c2nc(C3CC3)no2)CC1=O. The predicted molar refractivity (Wildman–Crippen MR) is 83.6 cm³/mol. The lowest BCUT2D eigenvalue weighted by molar-refractivity contribution is -0.117. The zero-order chi connectivity index (χ0) is 15.8. The molecular weight excluding hydrogens is 294 g/mol. The average molecular weight is 313 g/mol. The fraction of sp³-hybridized carbons (Fsp3) is 0.471. The Morgan fingerprint density at radius 1 is 1.30 bits per heavy atom. The van der Waals surface area contributed by atoms with Gasteiger partial charge in [0, 0.05) is 18.9 Å². The zero-order valence-electron chi connectivity index (χ0n) is 13.1. The number of ether oxygens (including phenoxy) is 1. The van der Waals surface area contributed by atoms with Crippen LogP contribution in [0.1, 0.15) is 49.7 Å². The fourth-order valence-electron chi connectivity index (χ4n) is 2.98. The van der Waals surface area contributed by atoms with E-state index in [4.69, 9.17) is 9.26 Å². The van der Waals surface area contributed by atoms with Gasteiger partial charge in [-0.15, -0.1) is 0 Å². The number of hydrogen-bond donors (Lipinski definition) is 0. The van der Waals surface area contributed by atoms with Gasteiger partial charge in [0.1, 0.15) is 5.75 Å². The van der Waals surface area contributed by atoms with E-state index in [2.05, 4.69) is 10.1 Å². The molecule has 1 amide bonds. The molecule has 1 aromatic carbocycles. The van der Waals surface area contributed by atoms with Crippen molar-refractivity contribution in [3.63, 3.8) is 0 Å². The van der Waals surface area contributed by atoms with Crippen molar-refractivity contribution in [3.05, 3.63) is 36.0 Å². The summed E-state index contributed by atoms with van der Waals surface area (Å²) in [6.45, 7) is 3.05. The first-order valence-corrected chi connectivity index (χ1v) is 8.12. The van der Waals surface area contributed by atoms with Crippen LogP contribution in [0.4, 0.5) is 5.69 Å². The summed E-state index contributed by atoms with van der Waals surface area (Å²) >= 11 is 0. The maximum absolute atomic E-state index is 12.4. The topological polar surface area (TPSA) is 68.5 Å². The molecule has 0 spiro atoms. The molecule has 120 valence electrons. The van der Waals surface area contributed by atoms with Crippen LogP contribution in [0.2, 0.25) is 0 Å². The van der Waals surface area contributed by atoms with Gasteiger partial charge in [-0.05, 0) is 31.9 Å². The normalized spacial score (nSPS) is 21.0. The Labute approximate surface area is 134 Å². The van der Waals surface area contributed by atoms with Crippen LogP contribution in [0.5, 0.6) is 5.75 Å². The van der Waals surface area contributed by atoms with Crippen molar-refractivity contribution in [2.75, 3.05) is 18.1 Å². The molecule has 6 heteroatoms. The van der Waals surface area contributed by atoms with Gasteiger partial charge in [-0.1, -0.05) is 17.3 Å². The second-order valence-corrected chi connectivity index (χ2v) is 6.07. The Hall–Kier alpha value is -2.37. The standard InChI is InChI=1S/C17H19N3O3/c1-2-22-14-6-4-3-5-13(14)20-10-12(9-15(20)21)17-18-16(19-23-17)11-7-8-11/h3-6,11-12H,2,7-10H2,1H3. The number of amides is 1. The molecule has 4 rings (SSSR count). The van der Waals surface area contributed by atoms with E-state index in [0.29, 0.717) is 31.4 Å². The predicted octanol–water partition coefficient (Wildman–Crippen LogP) is 2.87. The van der Waals surface area contributed by atoms with E-state index in [-0.39, 0.29) is 11.8 Å². The van der Waals surface area contributed by atoms with Crippen molar-refractivity contribution in [2.45, 2.75) is 38.0 Å². The van der Waals surface area contributed by atoms with Gasteiger partial charge in [0.25, 0.3) is 0 Å². The number of rotatable bonds is 5. The summed E-state index contributed by atoms with van der Waals surface area (Å²) in [4.78, 5) is 18.7. The van der Waals surface area contributed by atoms with E-state index in [1.54, 1.807) is 4.90 Å². The molecule has 1 aliphatic carbocycles. The number of nitrogens with zero attached hydrogens (tertiary/aromatic N) is 3. The van der Waals surface area contributed by atoms with Gasteiger partial charge in [0.05, 0.1) is 18.2 Å². The summed E-state index contributed by atoms with van der Waals surface area (Å²) in [5.74, 6) is 2.58. The Morgan fingerprint density at radius 3 is 2.91 bits per heavy atom. The summed E-state index contributed by atoms with van der Waals surface area (Å²) in [7, 11) is 0. The highest BCUT2D eigenvalue weighted by atomic mass is 16.5. The Kier molecular flexibility index (Phi) is 3.52. The van der Waals surface area contributed by atoms with E-state index in [1.807, 2.05) is 31.2 Å². The second-order valence-electron chi connectivity index (χ2n) is 6.07. The van der Waals surface area contributed by atoms with E-state index < -0.39 is 0 Å². The highest BCUT2D eigenvalue weighted by molar-refractivity contribution is 5.97. The molecule has 0 N–H and O–H groups in total. The highest BCUT2D eigenvalue weighted by Gasteiger charge is 2.37. The van der Waals surface area contributed by atoms with E-state index >= 15 is 0 Å². The molecule has 1 saturated carbocycles. The van der Waals surface area contributed by atoms with Crippen molar-refractivity contribution >= 4 is 11.6 Å². The maximum Gasteiger partial charge on any atom is 0.232 e. The number of carbonyl (C=O) groups is 1. The number of aromatic nitrogens is 2. The third-order valence-corrected chi connectivity index (χ3v) is 4.33. The first-order chi connectivity index (χ1) is 11.3. The minimum absolute atomic E-state index is 0.0443. The van der Waals surface area contributed by atoms with Gasteiger partial charge in [0.2, 0.25) is 11.8 Å². The minimum atomic E-state index is -0.0443. The number of anilines is 1. The van der Waals surface area contributed by atoms with Crippen molar-refractivity contribution in [1.82, 2.24) is 10.1 Å². The molecule has 6 nitrogen and oxygen atoms in total. The van der Waals surface area contributed by atoms with Gasteiger partial charge in [-0.3, -0.25) is 4.79 Å². The number of para-hydroxylation sites is 2. The molecule has 23 heavy (non-hydrogen) atoms. The Bertz CT molecular complexity index is 723. The van der Waals surface area contributed by atoms with Crippen LogP contribution in [0.25, 0.3) is 0 Å². The van der Waals surface area contributed by atoms with Crippen LogP contribution in [0.15, 0.2) is 28.8 Å². The minimum Gasteiger partial charge on any atom is -0.492 e. The van der Waals surface area contributed by atoms with Gasteiger partial charge >= 0.3 is 0 Å². The number of benzene rings is 1. The van der Waals surface area contributed by atoms with Crippen molar-refractivity contribution in [3.8, 4) is 5.75 Å². The van der Waals surface area contributed by atoms with Crippen LogP contribution in [0.3, 0.4) is 0 Å². The van der Waals surface area contributed by atoms with Crippen molar-refractivity contribution < 1.29 is 14.1 Å². The van der Waals surface area contributed by atoms with Gasteiger partial charge in [-0.25, -0.2) is 0 Å². The van der Waals surface area contributed by atoms with Gasteiger partial charge in [0.15, 0.2) is 5.82 Å². The molecule has 1 aromatic heterocycles. The zero-order valence-corrected chi connectivity index (χ0v) is 13.1. The summed E-state index contributed by atoms with van der Waals surface area (Å²) in [5, 5.41) is 4.05. The quantitative estimate of drug-likeness (QED) is 0.849. The third-order valence-electron chi connectivity index (χ3n) is 4.33. The van der Waals surface area contributed by atoms with Crippen LogP contribution >= 0.6 is 0 Å². The van der Waals surface area contributed by atoms with Gasteiger partial charge in [-0.2, -0.15) is 4.98 Å². The largest absolute Gasteiger partial charge is 0.492 e. The average Bonchev–Trinajstić information content (AvgIpc) is 3.16. The molecule has 1 aliphatic heterocycles. The lowest BCUT2D eigenvalue weighted by atomic mass is 10.1. The summed E-state index contributed by atoms with van der Waals surface area (Å²) in [6, 6.07) is 7.62. The summed E-state index contributed by atoms with van der Waals surface area (Å²) in [5.41, 5.74) is 0.809. The maximum atomic E-state index is 12.4. The molecule has 1 unspecified atom stereocenters. The molecule has 2 fully saturated rings. The van der Waals surface area contributed by atoms with Crippen LogP contribution < -0.4 is 9.64 Å². The van der Waals surface area contributed by atoms with Crippen LogP contribution in [-0.4, -0.2) is 29.2 Å². The summed E-state index contributed by atoms with van der Waals surface area (Å²) in [6.07, 6.45) is 2.67. The Morgan fingerprint density at radius 2 is 2.13 bits per heavy atom. The second kappa shape index (κ2) is 5.68. The van der Waals surface area contributed by atoms with Crippen molar-refractivity contribution in [2.24, 2.45) is 0 Å². The van der Waals surface area contributed by atoms with Crippen LogP contribution in [-0.2, 0) is 4.79 Å². The lowest BCUT2D eigenvalue weighted by Gasteiger charge is -2.19. The monoisotopic (exact) mass is 313 g/mol. The van der Waals surface area contributed by atoms with Gasteiger partial charge < -0.3 is 14.2 Å². The fourth-order valence-corrected chi connectivity index (χ4v) is 2.98. The molecule has 2 heterocycles.